The van der Waals surface area contributed by atoms with Gasteiger partial charge in [-0.25, -0.2) is 4.79 Å². The number of aryl methyl sites for hydroxylation is 2. The quantitative estimate of drug-likeness (QED) is 0.535. The van der Waals surface area contributed by atoms with E-state index in [1.807, 2.05) is 6.92 Å². The lowest BCUT2D eigenvalue weighted by molar-refractivity contribution is -0.137. The van der Waals surface area contributed by atoms with Crippen LogP contribution in [-0.2, 0) is 6.18 Å². The van der Waals surface area contributed by atoms with Crippen molar-refractivity contribution >= 4 is 29.0 Å². The molecule has 0 aliphatic heterocycles. The van der Waals surface area contributed by atoms with E-state index in [1.54, 1.807) is 31.2 Å². The van der Waals surface area contributed by atoms with Crippen molar-refractivity contribution in [2.75, 3.05) is 10.6 Å². The van der Waals surface area contributed by atoms with Gasteiger partial charge in [-0.3, -0.25) is 0 Å². The summed E-state index contributed by atoms with van der Waals surface area (Å²) >= 11 is 5.58. The van der Waals surface area contributed by atoms with Crippen molar-refractivity contribution in [1.29, 1.82) is 0 Å². The second kappa shape index (κ2) is 7.55. The number of carbonyl (C=O) groups excluding carboxylic acids is 1. The van der Waals surface area contributed by atoms with Crippen molar-refractivity contribution in [2.45, 2.75) is 20.0 Å². The highest BCUT2D eigenvalue weighted by atomic mass is 35.5. The molecule has 1 heterocycles. The summed E-state index contributed by atoms with van der Waals surface area (Å²) < 4.78 is 43.9. The largest absolute Gasteiger partial charge is 0.417 e. The molecule has 146 valence electrons. The maximum absolute atomic E-state index is 12.9. The van der Waals surface area contributed by atoms with Crippen LogP contribution < -0.4 is 10.6 Å². The molecular formula is C19H15ClF3N3O2. The van der Waals surface area contributed by atoms with E-state index in [1.165, 1.54) is 6.07 Å². The van der Waals surface area contributed by atoms with Gasteiger partial charge in [-0.1, -0.05) is 22.8 Å². The molecule has 0 saturated heterocycles. The van der Waals surface area contributed by atoms with Crippen LogP contribution in [0.2, 0.25) is 5.02 Å². The molecule has 0 atom stereocenters. The lowest BCUT2D eigenvalue weighted by Crippen LogP contribution is -2.20. The molecule has 0 spiro atoms. The molecule has 0 radical (unpaired) electrons. The Hall–Kier alpha value is -3.00. The number of rotatable bonds is 3. The molecule has 0 aliphatic rings. The highest BCUT2D eigenvalue weighted by molar-refractivity contribution is 6.31. The van der Waals surface area contributed by atoms with Gasteiger partial charge in [-0.2, -0.15) is 13.2 Å². The van der Waals surface area contributed by atoms with Crippen molar-refractivity contribution in [1.82, 2.24) is 5.16 Å². The third-order valence-electron chi connectivity index (χ3n) is 3.93. The molecule has 0 unspecified atom stereocenters. The van der Waals surface area contributed by atoms with Gasteiger partial charge in [0.2, 0.25) is 0 Å². The van der Waals surface area contributed by atoms with Gasteiger partial charge < -0.3 is 15.2 Å². The summed E-state index contributed by atoms with van der Waals surface area (Å²) in [6, 6.07) is 9.38. The van der Waals surface area contributed by atoms with Gasteiger partial charge in [0.1, 0.15) is 11.5 Å². The molecule has 3 aromatic rings. The first-order chi connectivity index (χ1) is 13.1. The van der Waals surface area contributed by atoms with Gasteiger partial charge in [0.25, 0.3) is 0 Å². The molecule has 5 nitrogen and oxygen atoms in total. The number of alkyl halides is 3. The fourth-order valence-electron chi connectivity index (χ4n) is 2.58. The average molecular weight is 410 g/mol. The van der Waals surface area contributed by atoms with Crippen LogP contribution in [0.15, 0.2) is 47.0 Å². The number of hydrogen-bond acceptors (Lipinski definition) is 3. The summed E-state index contributed by atoms with van der Waals surface area (Å²) in [6.07, 6.45) is -4.62. The number of anilines is 2. The van der Waals surface area contributed by atoms with Crippen LogP contribution in [0.1, 0.15) is 16.9 Å². The van der Waals surface area contributed by atoms with Gasteiger partial charge in [0, 0.05) is 23.0 Å². The minimum absolute atomic E-state index is 0.0336. The molecule has 0 saturated carbocycles. The molecular weight excluding hydrogens is 395 g/mol. The molecule has 0 aliphatic carbocycles. The second-order valence-corrected chi connectivity index (χ2v) is 6.53. The third-order valence-corrected chi connectivity index (χ3v) is 4.26. The normalized spacial score (nSPS) is 11.4. The highest BCUT2D eigenvalue weighted by Gasteiger charge is 2.33. The number of benzene rings is 2. The lowest BCUT2D eigenvalue weighted by Gasteiger charge is -2.13. The predicted octanol–water partition coefficient (Wildman–Crippen LogP) is 6.27. The van der Waals surface area contributed by atoms with Crippen molar-refractivity contribution in [3.63, 3.8) is 0 Å². The summed E-state index contributed by atoms with van der Waals surface area (Å²) in [6.45, 7) is 3.65. The Bertz CT molecular complexity index is 1030. The molecule has 0 fully saturated rings. The Labute approximate surface area is 163 Å². The van der Waals surface area contributed by atoms with E-state index in [9.17, 15) is 18.0 Å². The number of amides is 2. The van der Waals surface area contributed by atoms with Gasteiger partial charge in [0.15, 0.2) is 0 Å². The number of aromatic nitrogens is 1. The van der Waals surface area contributed by atoms with Gasteiger partial charge in [0.05, 0.1) is 10.6 Å². The molecule has 2 aromatic carbocycles. The molecule has 2 N–H and O–H groups in total. The van der Waals surface area contributed by atoms with Crippen LogP contribution in [0.5, 0.6) is 0 Å². The smallest absolute Gasteiger partial charge is 0.361 e. The van der Waals surface area contributed by atoms with Crippen LogP contribution in [0.25, 0.3) is 11.3 Å². The number of carbonyl (C=O) groups is 1. The van der Waals surface area contributed by atoms with Crippen molar-refractivity contribution in [3.8, 4) is 11.3 Å². The summed E-state index contributed by atoms with van der Waals surface area (Å²) in [4.78, 5) is 12.2. The zero-order chi connectivity index (χ0) is 20.5. The third kappa shape index (κ3) is 4.45. The molecule has 9 heteroatoms. The molecule has 3 rings (SSSR count). The SMILES string of the molecule is Cc1cc(-c2cc(NC(=O)Nc3ccc(Cl)c(C(F)(F)F)c3)ccc2C)no1. The maximum Gasteiger partial charge on any atom is 0.417 e. The summed E-state index contributed by atoms with van der Waals surface area (Å²) in [5.41, 5.74) is 1.70. The molecule has 1 aromatic heterocycles. The monoisotopic (exact) mass is 409 g/mol. The number of hydrogen-bond donors (Lipinski definition) is 2. The average Bonchev–Trinajstić information content (AvgIpc) is 3.03. The topological polar surface area (TPSA) is 67.2 Å². The maximum atomic E-state index is 12.9. The number of nitrogens with one attached hydrogen (secondary N) is 2. The first-order valence-electron chi connectivity index (χ1n) is 8.12. The van der Waals surface area contributed by atoms with E-state index in [2.05, 4.69) is 15.8 Å². The van der Waals surface area contributed by atoms with Crippen LogP contribution in [0, 0.1) is 13.8 Å². The minimum atomic E-state index is -4.62. The van der Waals surface area contributed by atoms with Crippen molar-refractivity contribution in [2.24, 2.45) is 0 Å². The Morgan fingerprint density at radius 3 is 2.29 bits per heavy atom. The van der Waals surface area contributed by atoms with Crippen LogP contribution in [0.3, 0.4) is 0 Å². The number of urea groups is 1. The zero-order valence-corrected chi connectivity index (χ0v) is 15.6. The Kier molecular flexibility index (Phi) is 5.33. The van der Waals surface area contributed by atoms with Crippen LogP contribution in [-0.4, -0.2) is 11.2 Å². The predicted molar refractivity (Wildman–Crippen MR) is 101 cm³/mol. The second-order valence-electron chi connectivity index (χ2n) is 6.12. The fourth-order valence-corrected chi connectivity index (χ4v) is 2.81. The highest BCUT2D eigenvalue weighted by Crippen LogP contribution is 2.36. The van der Waals surface area contributed by atoms with Crippen molar-refractivity contribution in [3.05, 3.63) is 64.4 Å². The molecule has 2 amide bonds. The summed E-state index contributed by atoms with van der Waals surface area (Å²) in [5.74, 6) is 0.647. The van der Waals surface area contributed by atoms with E-state index in [4.69, 9.17) is 16.1 Å². The van der Waals surface area contributed by atoms with E-state index in [0.717, 1.165) is 23.3 Å². The van der Waals surface area contributed by atoms with E-state index in [0.29, 0.717) is 17.1 Å². The fraction of sp³-hybridized carbons (Fsp3) is 0.158. The molecule has 28 heavy (non-hydrogen) atoms. The lowest BCUT2D eigenvalue weighted by atomic mass is 10.0. The van der Waals surface area contributed by atoms with E-state index < -0.39 is 22.8 Å². The van der Waals surface area contributed by atoms with E-state index >= 15 is 0 Å². The Morgan fingerprint density at radius 1 is 1.04 bits per heavy atom. The number of nitrogens with zero attached hydrogens (tertiary/aromatic N) is 1. The zero-order valence-electron chi connectivity index (χ0n) is 14.8. The van der Waals surface area contributed by atoms with Gasteiger partial charge in [-0.05, 0) is 49.7 Å². The summed E-state index contributed by atoms with van der Waals surface area (Å²) in [5, 5.41) is 8.46. The first kappa shape index (κ1) is 19.8. The first-order valence-corrected chi connectivity index (χ1v) is 8.50. The Balaban J connectivity index is 1.77. The van der Waals surface area contributed by atoms with E-state index in [-0.39, 0.29) is 5.69 Å². The van der Waals surface area contributed by atoms with Gasteiger partial charge in [-0.15, -0.1) is 0 Å². The van der Waals surface area contributed by atoms with Crippen LogP contribution in [0.4, 0.5) is 29.3 Å². The van der Waals surface area contributed by atoms with Gasteiger partial charge >= 0.3 is 12.2 Å². The van der Waals surface area contributed by atoms with Crippen molar-refractivity contribution < 1.29 is 22.5 Å². The standard InChI is InChI=1S/C19H15ClF3N3O2/c1-10-3-4-12(8-14(10)17-7-11(2)28-26-17)24-18(27)25-13-5-6-16(20)15(9-13)19(21,22)23/h3-9H,1-2H3,(H2,24,25,27). The van der Waals surface area contributed by atoms with Crippen LogP contribution >= 0.6 is 11.6 Å². The number of halogens is 4. The Morgan fingerprint density at radius 2 is 1.68 bits per heavy atom. The molecule has 0 bridgehead atoms. The minimum Gasteiger partial charge on any atom is -0.361 e. The summed E-state index contributed by atoms with van der Waals surface area (Å²) in [7, 11) is 0.